The van der Waals surface area contributed by atoms with Gasteiger partial charge in [-0.2, -0.15) is 17.6 Å². The zero-order valence-electron chi connectivity index (χ0n) is 6.74. The van der Waals surface area contributed by atoms with E-state index in [4.69, 9.17) is 0 Å². The molecule has 2 bridgehead atoms. The molecule has 0 nitrogen and oxygen atoms in total. The first-order chi connectivity index (χ1) is 5.93. The van der Waals surface area contributed by atoms with Gasteiger partial charge in [0.05, 0.1) is 0 Å². The minimum atomic E-state index is -3.76. The molecule has 4 heteroatoms. The molecule has 0 saturated heterocycles. The Morgan fingerprint density at radius 3 is 1.85 bits per heavy atom. The largest absolute Gasteiger partial charge is 0.323 e. The molecule has 3 rings (SSSR count). The number of allylic oxidation sites excluding steroid dienone is 2. The smallest absolute Gasteiger partial charge is 0.199 e. The Morgan fingerprint density at radius 2 is 1.62 bits per heavy atom. The van der Waals surface area contributed by atoms with Crippen molar-refractivity contribution in [3.8, 4) is 0 Å². The van der Waals surface area contributed by atoms with Crippen LogP contribution in [0.15, 0.2) is 12.2 Å². The van der Waals surface area contributed by atoms with Gasteiger partial charge < -0.3 is 0 Å². The lowest BCUT2D eigenvalue weighted by atomic mass is 9.89. The van der Waals surface area contributed by atoms with E-state index in [-0.39, 0.29) is 12.3 Å². The number of hydrogen-bond donors (Lipinski definition) is 0. The Balaban J connectivity index is 2.07. The van der Waals surface area contributed by atoms with Crippen LogP contribution in [-0.4, -0.2) is 11.8 Å². The van der Waals surface area contributed by atoms with E-state index < -0.39 is 23.2 Å². The quantitative estimate of drug-likeness (QED) is 0.409. The predicted molar refractivity (Wildman–Crippen MR) is 37.7 cm³/mol. The summed E-state index contributed by atoms with van der Waals surface area (Å²) in [6.45, 7) is 0. The highest BCUT2D eigenvalue weighted by molar-refractivity contribution is 5.36. The van der Waals surface area contributed by atoms with E-state index in [1.165, 1.54) is 0 Å². The van der Waals surface area contributed by atoms with Crippen molar-refractivity contribution in [2.45, 2.75) is 24.7 Å². The summed E-state index contributed by atoms with van der Waals surface area (Å²) in [7, 11) is 0. The standard InChI is InChI=1S/C9H8F4/c10-8(11)7(9(8,12)13)4-5-1-2-6(7)3-5/h1-2,5-6H,3-4H2. The van der Waals surface area contributed by atoms with Gasteiger partial charge in [0.15, 0.2) is 0 Å². The summed E-state index contributed by atoms with van der Waals surface area (Å²) in [5.74, 6) is -8.15. The van der Waals surface area contributed by atoms with Gasteiger partial charge in [-0.15, -0.1) is 0 Å². The number of hydrogen-bond acceptors (Lipinski definition) is 0. The van der Waals surface area contributed by atoms with Crippen LogP contribution in [0.25, 0.3) is 0 Å². The maximum atomic E-state index is 12.9. The van der Waals surface area contributed by atoms with Gasteiger partial charge in [-0.1, -0.05) is 12.2 Å². The van der Waals surface area contributed by atoms with Gasteiger partial charge in [-0.3, -0.25) is 0 Å². The lowest BCUT2D eigenvalue weighted by Gasteiger charge is -2.15. The molecular formula is C9H8F4. The van der Waals surface area contributed by atoms with Crippen molar-refractivity contribution in [1.29, 1.82) is 0 Å². The molecular weight excluding hydrogens is 184 g/mol. The molecule has 2 fully saturated rings. The SMILES string of the molecule is FC1(F)C(F)(F)C12CC1C=CC2C1. The second-order valence-electron chi connectivity index (χ2n) is 4.31. The lowest BCUT2D eigenvalue weighted by Crippen LogP contribution is -2.18. The molecule has 0 aliphatic heterocycles. The molecule has 0 aromatic heterocycles. The fourth-order valence-electron chi connectivity index (χ4n) is 3.07. The van der Waals surface area contributed by atoms with Crippen LogP contribution >= 0.6 is 0 Å². The second kappa shape index (κ2) is 1.66. The molecule has 72 valence electrons. The van der Waals surface area contributed by atoms with E-state index in [1.807, 2.05) is 0 Å². The van der Waals surface area contributed by atoms with Gasteiger partial charge in [0, 0.05) is 0 Å². The first-order valence-corrected chi connectivity index (χ1v) is 4.37. The van der Waals surface area contributed by atoms with Gasteiger partial charge in [-0.25, -0.2) is 0 Å². The monoisotopic (exact) mass is 192 g/mol. The third-order valence-electron chi connectivity index (χ3n) is 3.84. The second-order valence-corrected chi connectivity index (χ2v) is 4.31. The van der Waals surface area contributed by atoms with Gasteiger partial charge in [0.2, 0.25) is 0 Å². The van der Waals surface area contributed by atoms with Crippen molar-refractivity contribution < 1.29 is 17.6 Å². The van der Waals surface area contributed by atoms with Gasteiger partial charge in [0.1, 0.15) is 5.41 Å². The molecule has 13 heavy (non-hydrogen) atoms. The molecule has 3 aliphatic carbocycles. The van der Waals surface area contributed by atoms with E-state index in [1.54, 1.807) is 12.2 Å². The van der Waals surface area contributed by atoms with Crippen molar-refractivity contribution in [3.05, 3.63) is 12.2 Å². The van der Waals surface area contributed by atoms with Crippen LogP contribution < -0.4 is 0 Å². The molecule has 0 N–H and O–H groups in total. The summed E-state index contributed by atoms with van der Waals surface area (Å²) >= 11 is 0. The van der Waals surface area contributed by atoms with Crippen LogP contribution in [0.3, 0.4) is 0 Å². The Morgan fingerprint density at radius 1 is 1.00 bits per heavy atom. The lowest BCUT2D eigenvalue weighted by molar-refractivity contribution is -0.0278. The number of halogens is 4. The minimum Gasteiger partial charge on any atom is -0.199 e. The molecule has 2 atom stereocenters. The first kappa shape index (κ1) is 7.83. The molecule has 0 aromatic rings. The molecule has 0 heterocycles. The highest BCUT2D eigenvalue weighted by Crippen LogP contribution is 2.82. The van der Waals surface area contributed by atoms with Crippen LogP contribution in [0, 0.1) is 17.3 Å². The van der Waals surface area contributed by atoms with Crippen molar-refractivity contribution in [2.75, 3.05) is 0 Å². The molecule has 0 radical (unpaired) electrons. The molecule has 0 aromatic carbocycles. The topological polar surface area (TPSA) is 0 Å². The number of rotatable bonds is 0. The summed E-state index contributed by atoms with van der Waals surface area (Å²) in [5, 5.41) is 0. The van der Waals surface area contributed by atoms with Gasteiger partial charge in [0.25, 0.3) is 0 Å². The zero-order chi connectivity index (χ0) is 9.48. The average molecular weight is 192 g/mol. The van der Waals surface area contributed by atoms with E-state index in [0.29, 0.717) is 6.42 Å². The summed E-state index contributed by atoms with van der Waals surface area (Å²) in [6.07, 6.45) is 3.79. The van der Waals surface area contributed by atoms with E-state index >= 15 is 0 Å². The van der Waals surface area contributed by atoms with E-state index in [2.05, 4.69) is 0 Å². The number of fused-ring (bicyclic) bond motifs is 3. The maximum Gasteiger partial charge on any atom is 0.323 e. The molecule has 2 saturated carbocycles. The van der Waals surface area contributed by atoms with Crippen molar-refractivity contribution >= 4 is 0 Å². The molecule has 3 aliphatic rings. The maximum absolute atomic E-state index is 12.9. The fraction of sp³-hybridized carbons (Fsp3) is 0.778. The average Bonchev–Trinajstić information content (AvgIpc) is 2.58. The summed E-state index contributed by atoms with van der Waals surface area (Å²) in [6, 6.07) is 0. The van der Waals surface area contributed by atoms with Gasteiger partial charge >= 0.3 is 11.8 Å². The normalized spacial score (nSPS) is 45.8. The Bertz CT molecular complexity index is 291. The third-order valence-corrected chi connectivity index (χ3v) is 3.84. The minimum absolute atomic E-state index is 0.0336. The predicted octanol–water partition coefficient (Wildman–Crippen LogP) is 2.85. The summed E-state index contributed by atoms with van der Waals surface area (Å²) in [5.41, 5.74) is -2.00. The summed E-state index contributed by atoms with van der Waals surface area (Å²) in [4.78, 5) is 0. The van der Waals surface area contributed by atoms with Crippen LogP contribution in [0.4, 0.5) is 17.6 Å². The third kappa shape index (κ3) is 0.519. The van der Waals surface area contributed by atoms with Crippen LogP contribution in [0.1, 0.15) is 12.8 Å². The molecule has 1 spiro atoms. The van der Waals surface area contributed by atoms with E-state index in [0.717, 1.165) is 0 Å². The van der Waals surface area contributed by atoms with Crippen LogP contribution in [0.5, 0.6) is 0 Å². The highest BCUT2D eigenvalue weighted by atomic mass is 19.3. The van der Waals surface area contributed by atoms with Gasteiger partial charge in [-0.05, 0) is 24.7 Å². The van der Waals surface area contributed by atoms with Crippen LogP contribution in [-0.2, 0) is 0 Å². The van der Waals surface area contributed by atoms with Crippen molar-refractivity contribution in [1.82, 2.24) is 0 Å². The fourth-order valence-corrected chi connectivity index (χ4v) is 3.07. The zero-order valence-corrected chi connectivity index (χ0v) is 6.74. The Kier molecular flexibility index (Phi) is 1.00. The Hall–Kier alpha value is -0.540. The van der Waals surface area contributed by atoms with E-state index in [9.17, 15) is 17.6 Å². The molecule has 0 amide bonds. The van der Waals surface area contributed by atoms with Crippen molar-refractivity contribution in [2.24, 2.45) is 17.3 Å². The highest BCUT2D eigenvalue weighted by Gasteiger charge is 2.98. The first-order valence-electron chi connectivity index (χ1n) is 4.37. The molecule has 2 unspecified atom stereocenters. The van der Waals surface area contributed by atoms with Crippen molar-refractivity contribution in [3.63, 3.8) is 0 Å². The Labute approximate surface area is 72.6 Å². The number of alkyl halides is 4. The summed E-state index contributed by atoms with van der Waals surface area (Å²) < 4.78 is 51.8. The van der Waals surface area contributed by atoms with Crippen LogP contribution in [0.2, 0.25) is 0 Å².